The fourth-order valence-electron chi connectivity index (χ4n) is 1.87. The summed E-state index contributed by atoms with van der Waals surface area (Å²) in [5.41, 5.74) is 0.874. The van der Waals surface area contributed by atoms with Crippen LogP contribution in [0.5, 0.6) is 5.75 Å². The molecule has 0 bridgehead atoms. The summed E-state index contributed by atoms with van der Waals surface area (Å²) in [6.45, 7) is 7.77. The number of carboxylic acids is 1. The maximum absolute atomic E-state index is 11.4. The Morgan fingerprint density at radius 2 is 1.75 bits per heavy atom. The predicted octanol–water partition coefficient (Wildman–Crippen LogP) is -1.64. The van der Waals surface area contributed by atoms with Crippen molar-refractivity contribution in [3.63, 3.8) is 0 Å². The van der Waals surface area contributed by atoms with Gasteiger partial charge >= 0.3 is 35.5 Å². The fourth-order valence-corrected chi connectivity index (χ4v) is 2.71. The largest absolute Gasteiger partial charge is 1.00 e. The molecule has 0 aliphatic heterocycles. The van der Waals surface area contributed by atoms with Crippen molar-refractivity contribution >= 4 is 20.3 Å². The Kier molecular flexibility index (Phi) is 9.35. The summed E-state index contributed by atoms with van der Waals surface area (Å²) in [6, 6.07) is 5.70. The van der Waals surface area contributed by atoms with Gasteiger partial charge in [-0.15, -0.1) is 0 Å². The van der Waals surface area contributed by atoms with Crippen molar-refractivity contribution in [2.75, 3.05) is 7.11 Å². The van der Waals surface area contributed by atoms with Crippen LogP contribution < -0.4 is 44.4 Å². The summed E-state index contributed by atoms with van der Waals surface area (Å²) in [7, 11) is -0.468. The minimum Gasteiger partial charge on any atom is -0.548 e. The van der Waals surface area contributed by atoms with E-state index >= 15 is 0 Å². The first-order chi connectivity index (χ1) is 10.6. The van der Waals surface area contributed by atoms with E-state index < -0.39 is 26.3 Å². The Morgan fingerprint density at radius 3 is 2.17 bits per heavy atom. The number of ether oxygens (including phenoxy) is 1. The molecule has 0 aromatic heterocycles. The zero-order chi connectivity index (χ0) is 17.6. The third-order valence-electron chi connectivity index (χ3n) is 2.78. The van der Waals surface area contributed by atoms with E-state index in [2.05, 4.69) is 29.7 Å². The summed E-state index contributed by atoms with van der Waals surface area (Å²) >= 11 is 0. The number of nitrogens with one attached hydrogen (secondary N) is 1. The number of rotatable bonds is 7. The molecule has 0 heterocycles. The van der Waals surface area contributed by atoms with Crippen LogP contribution >= 0.6 is 0 Å². The third kappa shape index (κ3) is 8.01. The second-order valence-electron chi connectivity index (χ2n) is 6.03. The van der Waals surface area contributed by atoms with Gasteiger partial charge in [0, 0.05) is 11.8 Å². The van der Waals surface area contributed by atoms with E-state index in [0.717, 1.165) is 0 Å². The van der Waals surface area contributed by atoms with Crippen molar-refractivity contribution in [2.45, 2.75) is 32.6 Å². The average Bonchev–Trinajstić information content (AvgIpc) is 2.43. The van der Waals surface area contributed by atoms with Gasteiger partial charge in [0.1, 0.15) is 5.75 Å². The van der Waals surface area contributed by atoms with Gasteiger partial charge in [0.2, 0.25) is 8.32 Å². The van der Waals surface area contributed by atoms with Crippen LogP contribution in [0.1, 0.15) is 18.5 Å². The van der Waals surface area contributed by atoms with Crippen LogP contribution in [-0.2, 0) is 14.3 Å². The van der Waals surface area contributed by atoms with Crippen LogP contribution in [0.3, 0.4) is 0 Å². The normalized spacial score (nSPS) is 12.6. The standard InChI is InChI=1S/C16H23NO5Si.Na/c1-11(10-14(18)21-2)17-15(16(19)20)12-6-8-13(9-7-12)22-23(3,4)5;/h6-10,15,17H,1-5H3,(H,19,20);/q;+1/p-1. The zero-order valence-electron chi connectivity index (χ0n) is 15.0. The number of hydrogen-bond acceptors (Lipinski definition) is 6. The fraction of sp³-hybridized carbons (Fsp3) is 0.375. The predicted molar refractivity (Wildman–Crippen MR) is 87.1 cm³/mol. The van der Waals surface area contributed by atoms with E-state index in [9.17, 15) is 14.7 Å². The molecule has 1 atom stereocenters. The monoisotopic (exact) mass is 359 g/mol. The quantitative estimate of drug-likeness (QED) is 0.357. The molecular weight excluding hydrogens is 337 g/mol. The van der Waals surface area contributed by atoms with Gasteiger partial charge in [-0.2, -0.15) is 0 Å². The summed E-state index contributed by atoms with van der Waals surface area (Å²) in [6.07, 6.45) is 1.18. The van der Waals surface area contributed by atoms with Crippen molar-refractivity contribution in [3.05, 3.63) is 41.6 Å². The molecule has 0 spiro atoms. The third-order valence-corrected chi connectivity index (χ3v) is 3.63. The number of hydrogen-bond donors (Lipinski definition) is 1. The SMILES string of the molecule is COC(=O)C=C(C)NC(C(=O)[O-])c1ccc(O[Si](C)(C)C)cc1.[Na+]. The van der Waals surface area contributed by atoms with Gasteiger partial charge in [-0.25, -0.2) is 4.79 Å². The Morgan fingerprint density at radius 1 is 1.21 bits per heavy atom. The van der Waals surface area contributed by atoms with Crippen LogP contribution in [0.25, 0.3) is 0 Å². The van der Waals surface area contributed by atoms with Crippen LogP contribution in [0, 0.1) is 0 Å². The molecule has 24 heavy (non-hydrogen) atoms. The van der Waals surface area contributed by atoms with Crippen molar-refractivity contribution in [1.82, 2.24) is 5.32 Å². The van der Waals surface area contributed by atoms with E-state index in [4.69, 9.17) is 4.43 Å². The topological polar surface area (TPSA) is 87.7 Å². The molecule has 0 fully saturated rings. The summed E-state index contributed by atoms with van der Waals surface area (Å²) in [4.78, 5) is 22.5. The Labute approximate surface area is 165 Å². The first-order valence-electron chi connectivity index (χ1n) is 7.15. The van der Waals surface area contributed by atoms with Crippen LogP contribution in [0.4, 0.5) is 0 Å². The molecule has 0 aliphatic carbocycles. The summed E-state index contributed by atoms with van der Waals surface area (Å²) in [5, 5.41) is 14.1. The van der Waals surface area contributed by atoms with Crippen LogP contribution in [0.2, 0.25) is 19.6 Å². The summed E-state index contributed by atoms with van der Waals surface area (Å²) < 4.78 is 10.3. The molecular formula is C16H22NNaO5Si. The van der Waals surface area contributed by atoms with Gasteiger partial charge in [0.25, 0.3) is 0 Å². The zero-order valence-corrected chi connectivity index (χ0v) is 18.0. The van der Waals surface area contributed by atoms with Crippen molar-refractivity contribution in [1.29, 1.82) is 0 Å². The Balaban J connectivity index is 0.00000529. The number of carboxylic acid groups (broad SMARTS) is 1. The molecule has 1 rings (SSSR count). The number of carbonyl (C=O) groups excluding carboxylic acids is 2. The molecule has 1 aromatic carbocycles. The van der Waals surface area contributed by atoms with Crippen molar-refractivity contribution < 1.29 is 53.4 Å². The molecule has 0 saturated carbocycles. The first kappa shape index (κ1) is 22.7. The molecule has 0 saturated heterocycles. The first-order valence-corrected chi connectivity index (χ1v) is 10.6. The Bertz CT molecular complexity index is 595. The van der Waals surface area contributed by atoms with E-state index in [0.29, 0.717) is 17.0 Å². The van der Waals surface area contributed by atoms with Gasteiger partial charge in [-0.3, -0.25) is 0 Å². The molecule has 0 aliphatic rings. The molecule has 1 aromatic rings. The molecule has 0 amide bonds. The number of aliphatic carboxylic acids is 1. The van der Waals surface area contributed by atoms with Gasteiger partial charge in [-0.05, 0) is 44.3 Å². The van der Waals surface area contributed by atoms with E-state index in [1.165, 1.54) is 13.2 Å². The van der Waals surface area contributed by atoms with Gasteiger partial charge in [0.15, 0.2) is 0 Å². The second-order valence-corrected chi connectivity index (χ2v) is 10.5. The molecule has 8 heteroatoms. The smallest absolute Gasteiger partial charge is 0.548 e. The number of esters is 1. The number of allylic oxidation sites excluding steroid dienone is 1. The van der Waals surface area contributed by atoms with Crippen molar-refractivity contribution in [2.24, 2.45) is 0 Å². The number of methoxy groups -OCH3 is 1. The van der Waals surface area contributed by atoms with Gasteiger partial charge < -0.3 is 24.4 Å². The van der Waals surface area contributed by atoms with Crippen molar-refractivity contribution in [3.8, 4) is 5.75 Å². The molecule has 1 N–H and O–H groups in total. The van der Waals surface area contributed by atoms with E-state index in [1.807, 2.05) is 0 Å². The average molecular weight is 359 g/mol. The minimum absolute atomic E-state index is 0. The number of carbonyl (C=O) groups is 2. The van der Waals surface area contributed by atoms with E-state index in [1.54, 1.807) is 31.2 Å². The number of benzene rings is 1. The van der Waals surface area contributed by atoms with E-state index in [-0.39, 0.29) is 29.6 Å². The molecule has 0 radical (unpaired) electrons. The van der Waals surface area contributed by atoms with Crippen LogP contribution in [0.15, 0.2) is 36.0 Å². The second kappa shape index (κ2) is 9.88. The maximum Gasteiger partial charge on any atom is 1.00 e. The maximum atomic E-state index is 11.4. The minimum atomic E-state index is -1.72. The van der Waals surface area contributed by atoms with Gasteiger partial charge in [-0.1, -0.05) is 12.1 Å². The molecule has 126 valence electrons. The van der Waals surface area contributed by atoms with Gasteiger partial charge in [0.05, 0.1) is 19.1 Å². The van der Waals surface area contributed by atoms with Crippen LogP contribution in [-0.4, -0.2) is 27.4 Å². The molecule has 1 unspecified atom stereocenters. The molecule has 6 nitrogen and oxygen atoms in total. The summed E-state index contributed by atoms with van der Waals surface area (Å²) in [5.74, 6) is -1.15. The Hall–Kier alpha value is -1.28.